The summed E-state index contributed by atoms with van der Waals surface area (Å²) in [6, 6.07) is 4.90. The normalized spacial score (nSPS) is 19.3. The first-order chi connectivity index (χ1) is 15.1. The summed E-state index contributed by atoms with van der Waals surface area (Å²) in [5, 5.41) is 0. The van der Waals surface area contributed by atoms with Gasteiger partial charge in [0.15, 0.2) is 0 Å². The van der Waals surface area contributed by atoms with Crippen molar-refractivity contribution >= 4 is 6.72 Å². The van der Waals surface area contributed by atoms with Gasteiger partial charge in [0.25, 0.3) is 0 Å². The third-order valence-corrected chi connectivity index (χ3v) is 6.23. The highest BCUT2D eigenvalue weighted by molar-refractivity contribution is 5.55. The van der Waals surface area contributed by atoms with Crippen LogP contribution >= 0.6 is 0 Å². The molecule has 2 aliphatic carbocycles. The summed E-state index contributed by atoms with van der Waals surface area (Å²) in [6.45, 7) is 9.65. The summed E-state index contributed by atoms with van der Waals surface area (Å²) in [4.78, 5) is 10.7. The van der Waals surface area contributed by atoms with Crippen LogP contribution < -0.4 is 0 Å². The molecule has 0 bridgehead atoms. The maximum atomic E-state index is 4.46. The van der Waals surface area contributed by atoms with E-state index in [4.69, 9.17) is 0 Å². The predicted octanol–water partition coefficient (Wildman–Crippen LogP) is 6.66. The Kier molecular flexibility index (Phi) is 8.40. The number of hydrogen-bond acceptors (Lipinski definition) is 3. The summed E-state index contributed by atoms with van der Waals surface area (Å²) in [5.74, 6) is 0. The van der Waals surface area contributed by atoms with Gasteiger partial charge in [-0.1, -0.05) is 50.1 Å². The van der Waals surface area contributed by atoms with E-state index in [-0.39, 0.29) is 0 Å². The van der Waals surface area contributed by atoms with Gasteiger partial charge in [-0.05, 0) is 91.6 Å². The molecule has 0 spiro atoms. The molecule has 0 saturated heterocycles. The largest absolute Gasteiger partial charge is 0.377 e. The van der Waals surface area contributed by atoms with Crippen LogP contribution in [0.3, 0.4) is 0 Å². The van der Waals surface area contributed by atoms with Crippen molar-refractivity contribution in [2.45, 2.75) is 57.9 Å². The molecular weight excluding hydrogens is 378 g/mol. The molecule has 0 aromatic carbocycles. The number of allylic oxidation sites excluding steroid dienone is 9. The molecule has 0 N–H and O–H groups in total. The van der Waals surface area contributed by atoms with Crippen LogP contribution in [0.4, 0.5) is 0 Å². The van der Waals surface area contributed by atoms with Gasteiger partial charge >= 0.3 is 0 Å². The van der Waals surface area contributed by atoms with Crippen molar-refractivity contribution in [3.63, 3.8) is 0 Å². The highest BCUT2D eigenvalue weighted by Crippen LogP contribution is 2.33. The number of aliphatic imine (C=N–C) groups is 1. The first-order valence-corrected chi connectivity index (χ1v) is 11.3. The van der Waals surface area contributed by atoms with E-state index in [0.29, 0.717) is 6.04 Å². The minimum Gasteiger partial charge on any atom is -0.377 e. The van der Waals surface area contributed by atoms with E-state index >= 15 is 0 Å². The number of nitrogens with zero attached hydrogens (tertiary/aromatic N) is 3. The van der Waals surface area contributed by atoms with E-state index in [1.54, 1.807) is 6.20 Å². The maximum Gasteiger partial charge on any atom is 0.0372 e. The third kappa shape index (κ3) is 6.52. The Hall–Kier alpha value is -2.94. The number of aryl methyl sites for hydroxylation is 1. The monoisotopic (exact) mass is 413 g/mol. The van der Waals surface area contributed by atoms with Gasteiger partial charge in [-0.15, -0.1) is 0 Å². The molecule has 3 heteroatoms. The quantitative estimate of drug-likeness (QED) is 0.446. The fraction of sp³-hybridized carbons (Fsp3) is 0.357. The Labute approximate surface area is 188 Å². The lowest BCUT2D eigenvalue weighted by molar-refractivity contribution is 0.254. The summed E-state index contributed by atoms with van der Waals surface area (Å²) >= 11 is 0. The Morgan fingerprint density at radius 3 is 2.71 bits per heavy atom. The molecule has 0 radical (unpaired) electrons. The van der Waals surface area contributed by atoms with Crippen LogP contribution in [0, 0.1) is 6.92 Å². The van der Waals surface area contributed by atoms with Crippen LogP contribution in [0.5, 0.6) is 0 Å². The molecule has 1 heterocycles. The second-order valence-corrected chi connectivity index (χ2v) is 8.50. The molecule has 1 aromatic rings. The lowest BCUT2D eigenvalue weighted by atomic mass is 9.85. The van der Waals surface area contributed by atoms with E-state index in [1.807, 2.05) is 25.3 Å². The standard InChI is InChI=1S/C28H35N3/c1-5-24-19-27(18-23-14-13-22(2)30-21-23)25(10-9-16-29-3)20-26(24)15-17-31(4)28-11-7-6-8-12-28/h5,9-10,13-17,19,21,28H,1,3,6-8,11-12,18,20H2,2,4H3/b16-9-,17-15-,25-10+. The zero-order chi connectivity index (χ0) is 22.1. The van der Waals surface area contributed by atoms with Crippen molar-refractivity contribution in [1.82, 2.24) is 9.88 Å². The molecule has 3 rings (SSSR count). The fourth-order valence-electron chi connectivity index (χ4n) is 4.33. The minimum absolute atomic E-state index is 0.665. The van der Waals surface area contributed by atoms with Crippen molar-refractivity contribution in [3.05, 3.63) is 101 Å². The molecule has 0 aliphatic heterocycles. The molecule has 31 heavy (non-hydrogen) atoms. The average molecular weight is 414 g/mol. The molecular formula is C28H35N3. The zero-order valence-corrected chi connectivity index (χ0v) is 19.1. The fourth-order valence-corrected chi connectivity index (χ4v) is 4.33. The second-order valence-electron chi connectivity index (χ2n) is 8.50. The van der Waals surface area contributed by atoms with Gasteiger partial charge in [0.1, 0.15) is 0 Å². The van der Waals surface area contributed by atoms with E-state index in [0.717, 1.165) is 18.5 Å². The molecule has 2 aliphatic rings. The Bertz CT molecular complexity index is 920. The lowest BCUT2D eigenvalue weighted by Crippen LogP contribution is -2.29. The summed E-state index contributed by atoms with van der Waals surface area (Å²) in [6.07, 6.45) is 25.0. The van der Waals surface area contributed by atoms with Crippen LogP contribution in [0.15, 0.2) is 95.0 Å². The van der Waals surface area contributed by atoms with E-state index in [2.05, 4.69) is 71.8 Å². The molecule has 1 fully saturated rings. The number of pyridine rings is 1. The summed E-state index contributed by atoms with van der Waals surface area (Å²) < 4.78 is 0. The van der Waals surface area contributed by atoms with Crippen LogP contribution in [0.2, 0.25) is 0 Å². The molecule has 0 unspecified atom stereocenters. The third-order valence-electron chi connectivity index (χ3n) is 6.23. The number of hydrogen-bond donors (Lipinski definition) is 0. The first-order valence-electron chi connectivity index (χ1n) is 11.3. The van der Waals surface area contributed by atoms with E-state index < -0.39 is 0 Å². The highest BCUT2D eigenvalue weighted by Gasteiger charge is 2.18. The van der Waals surface area contributed by atoms with Gasteiger partial charge in [0.05, 0.1) is 0 Å². The topological polar surface area (TPSA) is 28.5 Å². The molecule has 162 valence electrons. The highest BCUT2D eigenvalue weighted by atomic mass is 15.1. The maximum absolute atomic E-state index is 4.46. The van der Waals surface area contributed by atoms with Crippen molar-refractivity contribution < 1.29 is 0 Å². The Balaban J connectivity index is 1.86. The Morgan fingerprint density at radius 1 is 1.23 bits per heavy atom. The van der Waals surface area contributed by atoms with Crippen LogP contribution in [-0.2, 0) is 6.42 Å². The number of aromatic nitrogens is 1. The van der Waals surface area contributed by atoms with Crippen molar-refractivity contribution in [2.24, 2.45) is 4.99 Å². The van der Waals surface area contributed by atoms with Crippen molar-refractivity contribution in [1.29, 1.82) is 0 Å². The summed E-state index contributed by atoms with van der Waals surface area (Å²) in [5.41, 5.74) is 7.35. The van der Waals surface area contributed by atoms with Crippen molar-refractivity contribution in [3.8, 4) is 0 Å². The van der Waals surface area contributed by atoms with Crippen LogP contribution in [-0.4, -0.2) is 29.7 Å². The van der Waals surface area contributed by atoms with E-state index in [1.165, 1.54) is 60.0 Å². The molecule has 0 amide bonds. The lowest BCUT2D eigenvalue weighted by Gasteiger charge is -2.30. The predicted molar refractivity (Wildman–Crippen MR) is 133 cm³/mol. The molecule has 1 saturated carbocycles. The van der Waals surface area contributed by atoms with Gasteiger partial charge in [0, 0.05) is 31.2 Å². The Morgan fingerprint density at radius 2 is 2.03 bits per heavy atom. The molecule has 3 nitrogen and oxygen atoms in total. The SMILES string of the molecule is C=CC1=C(/C=C\N(C)C2CCCCC2)C/C(=C\C=C/N=C)C(Cc2ccc(C)nc2)=C1. The van der Waals surface area contributed by atoms with Gasteiger partial charge < -0.3 is 4.90 Å². The molecule has 0 atom stereocenters. The number of rotatable bonds is 8. The van der Waals surface area contributed by atoms with E-state index in [9.17, 15) is 0 Å². The average Bonchev–Trinajstić information content (AvgIpc) is 2.80. The smallest absolute Gasteiger partial charge is 0.0372 e. The van der Waals surface area contributed by atoms with Crippen LogP contribution in [0.25, 0.3) is 0 Å². The second kappa shape index (κ2) is 11.5. The van der Waals surface area contributed by atoms with Gasteiger partial charge in [-0.3, -0.25) is 9.98 Å². The van der Waals surface area contributed by atoms with Crippen molar-refractivity contribution in [2.75, 3.05) is 7.05 Å². The van der Waals surface area contributed by atoms with Crippen LogP contribution in [0.1, 0.15) is 49.8 Å². The minimum atomic E-state index is 0.665. The summed E-state index contributed by atoms with van der Waals surface area (Å²) in [7, 11) is 2.21. The van der Waals surface area contributed by atoms with Gasteiger partial charge in [-0.25, -0.2) is 0 Å². The first kappa shape index (κ1) is 22.7. The zero-order valence-electron chi connectivity index (χ0n) is 19.1. The van der Waals surface area contributed by atoms with Gasteiger partial charge in [0.2, 0.25) is 0 Å². The molecule has 1 aromatic heterocycles. The van der Waals surface area contributed by atoms with Gasteiger partial charge in [-0.2, -0.15) is 0 Å².